The molecule has 4 rings (SSSR count). The zero-order valence-corrected chi connectivity index (χ0v) is 21.4. The monoisotopic (exact) mass is 536 g/mol. The van der Waals surface area contributed by atoms with Crippen LogP contribution in [0.2, 0.25) is 0 Å². The van der Waals surface area contributed by atoms with Crippen LogP contribution in [0.25, 0.3) is 10.9 Å². The van der Waals surface area contributed by atoms with Crippen LogP contribution in [0.3, 0.4) is 0 Å². The van der Waals surface area contributed by atoms with Crippen LogP contribution < -0.4 is 15.5 Å². The van der Waals surface area contributed by atoms with Gasteiger partial charge in [-0.05, 0) is 43.4 Å². The Labute approximate surface area is 203 Å². The third-order valence-electron chi connectivity index (χ3n) is 6.63. The maximum absolute atomic E-state index is 4.76. The van der Waals surface area contributed by atoms with Crippen molar-refractivity contribution in [1.29, 1.82) is 0 Å². The van der Waals surface area contributed by atoms with Crippen molar-refractivity contribution in [3.05, 3.63) is 35.9 Å². The average Bonchev–Trinajstić information content (AvgIpc) is 3.31. The first-order valence-electron chi connectivity index (χ1n) is 11.4. The zero-order chi connectivity index (χ0) is 20.9. The van der Waals surface area contributed by atoms with E-state index in [1.807, 2.05) is 27.2 Å². The van der Waals surface area contributed by atoms with E-state index >= 15 is 0 Å². The third-order valence-corrected chi connectivity index (χ3v) is 6.63. The second-order valence-corrected chi connectivity index (χ2v) is 8.87. The highest BCUT2D eigenvalue weighted by Gasteiger charge is 2.27. The van der Waals surface area contributed by atoms with Crippen molar-refractivity contribution in [3.8, 4) is 0 Å². The molecule has 1 aliphatic heterocycles. The number of rotatable bonds is 5. The summed E-state index contributed by atoms with van der Waals surface area (Å²) in [5.74, 6) is 1.87. The van der Waals surface area contributed by atoms with E-state index in [-0.39, 0.29) is 24.0 Å². The second kappa shape index (κ2) is 11.3. The lowest BCUT2D eigenvalue weighted by atomic mass is 10.0. The largest absolute Gasteiger partial charge is 0.363 e. The Kier molecular flexibility index (Phi) is 8.77. The summed E-state index contributed by atoms with van der Waals surface area (Å²) in [5.41, 5.74) is 2.27. The zero-order valence-electron chi connectivity index (χ0n) is 19.1. The third kappa shape index (κ3) is 6.00. The van der Waals surface area contributed by atoms with Crippen LogP contribution >= 0.6 is 24.0 Å². The van der Waals surface area contributed by atoms with Gasteiger partial charge in [-0.25, -0.2) is 4.98 Å². The van der Waals surface area contributed by atoms with Gasteiger partial charge in [-0.1, -0.05) is 31.0 Å². The van der Waals surface area contributed by atoms with Crippen molar-refractivity contribution in [3.63, 3.8) is 0 Å². The smallest absolute Gasteiger partial charge is 0.191 e. The molecule has 0 unspecified atom stereocenters. The predicted octanol–water partition coefficient (Wildman–Crippen LogP) is 3.99. The maximum atomic E-state index is 4.76. The summed E-state index contributed by atoms with van der Waals surface area (Å²) < 4.78 is 0. The Bertz CT molecular complexity index is 869. The molecule has 1 saturated carbocycles. The number of guanidine groups is 1. The molecule has 2 fully saturated rings. The molecule has 6 nitrogen and oxygen atoms in total. The quantitative estimate of drug-likeness (QED) is 0.344. The Hall–Kier alpha value is -1.61. The molecule has 2 heterocycles. The maximum Gasteiger partial charge on any atom is 0.191 e. The number of halogens is 1. The van der Waals surface area contributed by atoms with Gasteiger partial charge >= 0.3 is 0 Å². The van der Waals surface area contributed by atoms with Crippen LogP contribution in [-0.4, -0.2) is 62.2 Å². The fourth-order valence-corrected chi connectivity index (χ4v) is 4.85. The SMILES string of the molecule is CN=C(NCc1cc(N(C)C)nc2ccccc12)NC1CCN(C2CCCC2)CC1.I. The predicted molar refractivity (Wildman–Crippen MR) is 142 cm³/mol. The summed E-state index contributed by atoms with van der Waals surface area (Å²) in [6.07, 6.45) is 8.02. The summed E-state index contributed by atoms with van der Waals surface area (Å²) in [6.45, 7) is 3.14. The van der Waals surface area contributed by atoms with Gasteiger partial charge < -0.3 is 20.4 Å². The van der Waals surface area contributed by atoms with E-state index in [4.69, 9.17) is 4.98 Å². The molecule has 2 N–H and O–H groups in total. The molecule has 7 heteroatoms. The van der Waals surface area contributed by atoms with E-state index in [0.717, 1.165) is 29.9 Å². The molecule has 0 radical (unpaired) electrons. The van der Waals surface area contributed by atoms with E-state index in [9.17, 15) is 0 Å². The minimum absolute atomic E-state index is 0. The van der Waals surface area contributed by atoms with Crippen molar-refractivity contribution in [2.45, 2.75) is 57.2 Å². The number of para-hydroxylation sites is 1. The standard InChI is InChI=1S/C24H36N6.HI/c1-25-24(27-19-12-14-30(15-13-19)20-8-4-5-9-20)26-17-18-16-23(29(2)3)28-22-11-7-6-10-21(18)22;/h6-7,10-11,16,19-20H,4-5,8-9,12-15,17H2,1-3H3,(H2,25,26,27);1H. The number of hydrogen-bond donors (Lipinski definition) is 2. The Balaban J connectivity index is 0.00000272. The molecule has 0 spiro atoms. The molecule has 31 heavy (non-hydrogen) atoms. The number of nitrogens with zero attached hydrogens (tertiary/aromatic N) is 4. The first-order chi connectivity index (χ1) is 14.6. The topological polar surface area (TPSA) is 55.8 Å². The Morgan fingerprint density at radius 1 is 1.13 bits per heavy atom. The van der Waals surface area contributed by atoms with Gasteiger partial charge in [0, 0.05) is 58.2 Å². The van der Waals surface area contributed by atoms with E-state index in [0.29, 0.717) is 6.04 Å². The molecule has 0 amide bonds. The van der Waals surface area contributed by atoms with Crippen molar-refractivity contribution in [1.82, 2.24) is 20.5 Å². The van der Waals surface area contributed by atoms with Crippen LogP contribution in [0, 0.1) is 0 Å². The number of pyridine rings is 1. The Morgan fingerprint density at radius 2 is 1.84 bits per heavy atom. The highest BCUT2D eigenvalue weighted by molar-refractivity contribution is 14.0. The second-order valence-electron chi connectivity index (χ2n) is 8.87. The average molecular weight is 537 g/mol. The van der Waals surface area contributed by atoms with E-state index in [2.05, 4.69) is 49.7 Å². The number of anilines is 1. The summed E-state index contributed by atoms with van der Waals surface area (Å²) in [7, 11) is 5.93. The normalized spacial score (nSPS) is 18.7. The molecular formula is C24H37IN6. The van der Waals surface area contributed by atoms with Crippen LogP contribution in [0.1, 0.15) is 44.1 Å². The van der Waals surface area contributed by atoms with Crippen LogP contribution in [0.5, 0.6) is 0 Å². The summed E-state index contributed by atoms with van der Waals surface area (Å²) in [4.78, 5) is 14.0. The summed E-state index contributed by atoms with van der Waals surface area (Å²) >= 11 is 0. The fraction of sp³-hybridized carbons (Fsp3) is 0.583. The lowest BCUT2D eigenvalue weighted by Gasteiger charge is -2.36. The van der Waals surface area contributed by atoms with Gasteiger partial charge in [-0.2, -0.15) is 0 Å². The number of piperidine rings is 1. The number of nitrogens with one attached hydrogen (secondary N) is 2. The number of aliphatic imine (C=N–C) groups is 1. The molecule has 0 bridgehead atoms. The lowest BCUT2D eigenvalue weighted by molar-refractivity contribution is 0.150. The van der Waals surface area contributed by atoms with Gasteiger partial charge in [0.15, 0.2) is 5.96 Å². The van der Waals surface area contributed by atoms with E-state index in [1.165, 1.54) is 62.6 Å². The van der Waals surface area contributed by atoms with Gasteiger partial charge in [0.05, 0.1) is 5.52 Å². The number of fused-ring (bicyclic) bond motifs is 1. The molecule has 170 valence electrons. The molecule has 1 aromatic heterocycles. The minimum atomic E-state index is 0. The van der Waals surface area contributed by atoms with Crippen molar-refractivity contribution < 1.29 is 0 Å². The summed E-state index contributed by atoms with van der Waals surface area (Å²) in [6, 6.07) is 11.9. The van der Waals surface area contributed by atoms with Crippen LogP contribution in [-0.2, 0) is 6.54 Å². The highest BCUT2D eigenvalue weighted by atomic mass is 127. The molecule has 0 atom stereocenters. The number of hydrogen-bond acceptors (Lipinski definition) is 4. The first kappa shape index (κ1) is 24.0. The number of aromatic nitrogens is 1. The van der Waals surface area contributed by atoms with Gasteiger partial charge in [0.25, 0.3) is 0 Å². The first-order valence-corrected chi connectivity index (χ1v) is 11.4. The lowest BCUT2D eigenvalue weighted by Crippen LogP contribution is -2.50. The van der Waals surface area contributed by atoms with Crippen molar-refractivity contribution in [2.75, 3.05) is 39.1 Å². The molecular weight excluding hydrogens is 499 g/mol. The minimum Gasteiger partial charge on any atom is -0.363 e. The number of benzene rings is 1. The van der Waals surface area contributed by atoms with Crippen LogP contribution in [0.15, 0.2) is 35.3 Å². The molecule has 1 aromatic carbocycles. The fourth-order valence-electron chi connectivity index (χ4n) is 4.85. The molecule has 1 aliphatic carbocycles. The molecule has 2 aromatic rings. The molecule has 1 saturated heterocycles. The number of likely N-dealkylation sites (tertiary alicyclic amines) is 1. The van der Waals surface area contributed by atoms with Gasteiger partial charge in [0.1, 0.15) is 5.82 Å². The molecule has 2 aliphatic rings. The Morgan fingerprint density at radius 3 is 2.52 bits per heavy atom. The highest BCUT2D eigenvalue weighted by Crippen LogP contribution is 2.26. The van der Waals surface area contributed by atoms with E-state index < -0.39 is 0 Å². The van der Waals surface area contributed by atoms with Gasteiger partial charge in [-0.3, -0.25) is 4.99 Å². The summed E-state index contributed by atoms with van der Waals surface area (Å²) in [5, 5.41) is 8.39. The van der Waals surface area contributed by atoms with E-state index in [1.54, 1.807) is 0 Å². The van der Waals surface area contributed by atoms with Crippen molar-refractivity contribution >= 4 is 46.7 Å². The van der Waals surface area contributed by atoms with Gasteiger partial charge in [0.2, 0.25) is 0 Å². The van der Waals surface area contributed by atoms with Crippen molar-refractivity contribution in [2.24, 2.45) is 4.99 Å². The van der Waals surface area contributed by atoms with Crippen LogP contribution in [0.4, 0.5) is 5.82 Å². The van der Waals surface area contributed by atoms with Gasteiger partial charge in [-0.15, -0.1) is 24.0 Å².